The number of hydrogen-bond donors (Lipinski definition) is 1. The Morgan fingerprint density at radius 3 is 2.92 bits per heavy atom. The molecule has 1 N–H and O–H groups in total. The van der Waals surface area contributed by atoms with Crippen molar-refractivity contribution in [2.75, 3.05) is 12.4 Å². The molecule has 4 rings (SSSR count). The van der Waals surface area contributed by atoms with Gasteiger partial charge in [-0.3, -0.25) is 0 Å². The SMILES string of the molecule is COC1CCCC(Nc2cc(-c3ccccc3)nc3ncnn23)C1. The zero-order chi connectivity index (χ0) is 16.4. The highest BCUT2D eigenvalue weighted by atomic mass is 16.5. The zero-order valence-corrected chi connectivity index (χ0v) is 13.7. The van der Waals surface area contributed by atoms with E-state index in [0.717, 1.165) is 36.3 Å². The molecule has 0 amide bonds. The van der Waals surface area contributed by atoms with Gasteiger partial charge in [0.1, 0.15) is 12.1 Å². The second-order valence-corrected chi connectivity index (χ2v) is 6.23. The van der Waals surface area contributed by atoms with Crippen LogP contribution in [-0.2, 0) is 4.74 Å². The molecular weight excluding hydrogens is 302 g/mol. The number of anilines is 1. The molecule has 24 heavy (non-hydrogen) atoms. The average molecular weight is 323 g/mol. The Morgan fingerprint density at radius 2 is 2.08 bits per heavy atom. The van der Waals surface area contributed by atoms with Gasteiger partial charge in [-0.15, -0.1) is 0 Å². The van der Waals surface area contributed by atoms with Gasteiger partial charge in [0.2, 0.25) is 0 Å². The fourth-order valence-corrected chi connectivity index (χ4v) is 3.37. The minimum atomic E-state index is 0.331. The quantitative estimate of drug-likeness (QED) is 0.799. The second-order valence-electron chi connectivity index (χ2n) is 6.23. The first-order valence-corrected chi connectivity index (χ1v) is 8.39. The maximum Gasteiger partial charge on any atom is 0.254 e. The topological polar surface area (TPSA) is 64.3 Å². The van der Waals surface area contributed by atoms with E-state index in [0.29, 0.717) is 17.9 Å². The molecule has 124 valence electrons. The summed E-state index contributed by atoms with van der Waals surface area (Å²) >= 11 is 0. The lowest BCUT2D eigenvalue weighted by Gasteiger charge is -2.29. The largest absolute Gasteiger partial charge is 0.381 e. The first kappa shape index (κ1) is 15.1. The number of methoxy groups -OCH3 is 1. The van der Waals surface area contributed by atoms with Crippen molar-refractivity contribution >= 4 is 11.6 Å². The third kappa shape index (κ3) is 2.97. The molecule has 0 radical (unpaired) electrons. The molecule has 3 aromatic rings. The normalized spacial score (nSPS) is 21.0. The smallest absolute Gasteiger partial charge is 0.254 e. The number of ether oxygens (including phenoxy) is 1. The van der Waals surface area contributed by atoms with E-state index in [9.17, 15) is 0 Å². The summed E-state index contributed by atoms with van der Waals surface area (Å²) in [7, 11) is 1.79. The summed E-state index contributed by atoms with van der Waals surface area (Å²) in [5.41, 5.74) is 1.97. The molecule has 0 aliphatic heterocycles. The Labute approximate surface area is 140 Å². The Balaban J connectivity index is 1.68. The molecule has 0 saturated heterocycles. The maximum absolute atomic E-state index is 5.54. The van der Waals surface area contributed by atoms with Crippen LogP contribution in [0.5, 0.6) is 0 Å². The van der Waals surface area contributed by atoms with E-state index in [-0.39, 0.29) is 0 Å². The standard InChI is InChI=1S/C18H21N5O/c1-24-15-9-5-8-14(10-15)21-17-11-16(13-6-3-2-4-7-13)22-18-19-12-20-23(17)18/h2-4,6-7,11-12,14-15,21H,5,8-10H2,1H3. The van der Waals surface area contributed by atoms with Crippen molar-refractivity contribution in [2.45, 2.75) is 37.8 Å². The molecule has 1 saturated carbocycles. The highest BCUT2D eigenvalue weighted by Crippen LogP contribution is 2.26. The van der Waals surface area contributed by atoms with Crippen LogP contribution in [0.1, 0.15) is 25.7 Å². The van der Waals surface area contributed by atoms with Crippen LogP contribution in [0.15, 0.2) is 42.7 Å². The molecule has 6 heteroatoms. The lowest BCUT2D eigenvalue weighted by Crippen LogP contribution is -2.31. The Bertz CT molecular complexity index is 817. The van der Waals surface area contributed by atoms with Gasteiger partial charge in [0.25, 0.3) is 5.78 Å². The summed E-state index contributed by atoms with van der Waals surface area (Å²) in [5.74, 6) is 1.54. The van der Waals surface area contributed by atoms with Crippen LogP contribution in [0.3, 0.4) is 0 Å². The molecule has 2 unspecified atom stereocenters. The highest BCUT2D eigenvalue weighted by molar-refractivity contribution is 5.65. The third-order valence-electron chi connectivity index (χ3n) is 4.63. The minimum absolute atomic E-state index is 0.331. The van der Waals surface area contributed by atoms with Crippen LogP contribution in [0.4, 0.5) is 5.82 Å². The molecule has 6 nitrogen and oxygen atoms in total. The van der Waals surface area contributed by atoms with Crippen molar-refractivity contribution in [3.8, 4) is 11.3 Å². The van der Waals surface area contributed by atoms with E-state index in [2.05, 4.69) is 32.5 Å². The fraction of sp³-hybridized carbons (Fsp3) is 0.389. The van der Waals surface area contributed by atoms with Gasteiger partial charge in [0, 0.05) is 24.8 Å². The van der Waals surface area contributed by atoms with Crippen LogP contribution < -0.4 is 5.32 Å². The van der Waals surface area contributed by atoms with Crippen LogP contribution >= 0.6 is 0 Å². The fourth-order valence-electron chi connectivity index (χ4n) is 3.37. The van der Waals surface area contributed by atoms with Gasteiger partial charge in [-0.05, 0) is 25.7 Å². The molecule has 1 aliphatic carbocycles. The number of benzene rings is 1. The number of rotatable bonds is 4. The van der Waals surface area contributed by atoms with Crippen molar-refractivity contribution in [3.63, 3.8) is 0 Å². The molecular formula is C18H21N5O. The lowest BCUT2D eigenvalue weighted by molar-refractivity contribution is 0.0668. The van der Waals surface area contributed by atoms with E-state index in [1.807, 2.05) is 24.3 Å². The Kier molecular flexibility index (Phi) is 4.13. The zero-order valence-electron chi connectivity index (χ0n) is 13.7. The van der Waals surface area contributed by atoms with Gasteiger partial charge in [0.05, 0.1) is 11.8 Å². The molecule has 1 aliphatic rings. The Hall–Kier alpha value is -2.47. The molecule has 1 fully saturated rings. The lowest BCUT2D eigenvalue weighted by atomic mass is 9.93. The molecule has 2 aromatic heterocycles. The van der Waals surface area contributed by atoms with E-state index in [1.165, 1.54) is 6.42 Å². The maximum atomic E-state index is 5.54. The van der Waals surface area contributed by atoms with E-state index < -0.39 is 0 Å². The summed E-state index contributed by atoms with van der Waals surface area (Å²) in [6.45, 7) is 0. The van der Waals surface area contributed by atoms with Gasteiger partial charge in [-0.25, -0.2) is 4.98 Å². The summed E-state index contributed by atoms with van der Waals surface area (Å²) in [6, 6.07) is 12.6. The first-order chi connectivity index (χ1) is 11.8. The van der Waals surface area contributed by atoms with E-state index >= 15 is 0 Å². The van der Waals surface area contributed by atoms with Crippen molar-refractivity contribution < 1.29 is 4.74 Å². The number of fused-ring (bicyclic) bond motifs is 1. The average Bonchev–Trinajstić information content (AvgIpc) is 3.11. The van der Waals surface area contributed by atoms with E-state index in [4.69, 9.17) is 4.74 Å². The van der Waals surface area contributed by atoms with Crippen LogP contribution in [0, 0.1) is 0 Å². The van der Waals surface area contributed by atoms with E-state index in [1.54, 1.807) is 18.0 Å². The van der Waals surface area contributed by atoms with Gasteiger partial charge >= 0.3 is 0 Å². The number of aromatic nitrogens is 4. The predicted octanol–water partition coefficient (Wildman–Crippen LogP) is 3.16. The molecule has 1 aromatic carbocycles. The van der Waals surface area contributed by atoms with Crippen molar-refractivity contribution in [2.24, 2.45) is 0 Å². The molecule has 0 bridgehead atoms. The summed E-state index contributed by atoms with van der Waals surface area (Å²) in [6.07, 6.45) is 6.33. The van der Waals surface area contributed by atoms with Crippen LogP contribution in [-0.4, -0.2) is 38.8 Å². The Morgan fingerprint density at radius 1 is 1.21 bits per heavy atom. The van der Waals surface area contributed by atoms with Gasteiger partial charge in [-0.2, -0.15) is 14.6 Å². The number of hydrogen-bond acceptors (Lipinski definition) is 5. The van der Waals surface area contributed by atoms with Gasteiger partial charge in [-0.1, -0.05) is 30.3 Å². The first-order valence-electron chi connectivity index (χ1n) is 8.39. The van der Waals surface area contributed by atoms with Crippen molar-refractivity contribution in [1.82, 2.24) is 19.6 Å². The monoisotopic (exact) mass is 323 g/mol. The van der Waals surface area contributed by atoms with Gasteiger partial charge < -0.3 is 10.1 Å². The molecule has 2 heterocycles. The summed E-state index contributed by atoms with van der Waals surface area (Å²) in [4.78, 5) is 8.88. The van der Waals surface area contributed by atoms with Gasteiger partial charge in [0.15, 0.2) is 0 Å². The van der Waals surface area contributed by atoms with Crippen molar-refractivity contribution in [3.05, 3.63) is 42.7 Å². The van der Waals surface area contributed by atoms with Crippen molar-refractivity contribution in [1.29, 1.82) is 0 Å². The molecule has 0 spiro atoms. The minimum Gasteiger partial charge on any atom is -0.381 e. The number of nitrogens with one attached hydrogen (secondary N) is 1. The second kappa shape index (κ2) is 6.57. The highest BCUT2D eigenvalue weighted by Gasteiger charge is 2.22. The molecule has 2 atom stereocenters. The summed E-state index contributed by atoms with van der Waals surface area (Å²) < 4.78 is 7.30. The number of nitrogens with zero attached hydrogens (tertiary/aromatic N) is 4. The van der Waals surface area contributed by atoms with Crippen LogP contribution in [0.25, 0.3) is 17.0 Å². The predicted molar refractivity (Wildman–Crippen MR) is 92.9 cm³/mol. The third-order valence-corrected chi connectivity index (χ3v) is 4.63. The summed E-state index contributed by atoms with van der Waals surface area (Å²) in [5, 5.41) is 7.93. The van der Waals surface area contributed by atoms with Crippen LogP contribution in [0.2, 0.25) is 0 Å².